The fourth-order valence-corrected chi connectivity index (χ4v) is 1.85. The summed E-state index contributed by atoms with van der Waals surface area (Å²) in [5.74, 6) is 0.751. The van der Waals surface area contributed by atoms with Gasteiger partial charge in [0.1, 0.15) is 12.0 Å². The highest BCUT2D eigenvalue weighted by Gasteiger charge is 2.07. The smallest absolute Gasteiger partial charge is 0.157 e. The maximum atomic E-state index is 5.98. The molecule has 0 aliphatic heterocycles. The number of rotatable bonds is 8. The van der Waals surface area contributed by atoms with Crippen LogP contribution in [0.4, 0.5) is 11.5 Å². The van der Waals surface area contributed by atoms with Crippen molar-refractivity contribution in [2.75, 3.05) is 44.4 Å². The predicted octanol–water partition coefficient (Wildman–Crippen LogP) is 2.32. The SMILES string of the molecule is CCCCN(C)CCNc1ncnc(Cl)c1NC. The standard InChI is InChI=1S/C12H22ClN5/c1-4-5-7-18(3)8-6-15-12-10(14-2)11(13)16-9-17-12/h9,14H,4-8H2,1-3H3,(H,15,16,17). The monoisotopic (exact) mass is 271 g/mol. The molecule has 102 valence electrons. The molecule has 0 aliphatic rings. The summed E-state index contributed by atoms with van der Waals surface area (Å²) in [5, 5.41) is 6.72. The van der Waals surface area contributed by atoms with Gasteiger partial charge in [-0.2, -0.15) is 0 Å². The molecule has 0 saturated heterocycles. The zero-order chi connectivity index (χ0) is 13.4. The summed E-state index contributed by atoms with van der Waals surface area (Å²) < 4.78 is 0. The van der Waals surface area contributed by atoms with E-state index in [1.165, 1.54) is 19.2 Å². The Hall–Kier alpha value is -1.07. The van der Waals surface area contributed by atoms with Gasteiger partial charge in [-0.3, -0.25) is 0 Å². The van der Waals surface area contributed by atoms with E-state index in [4.69, 9.17) is 11.6 Å². The van der Waals surface area contributed by atoms with E-state index in [-0.39, 0.29) is 0 Å². The Labute approximate surface area is 114 Å². The minimum atomic E-state index is 0.439. The number of unbranched alkanes of at least 4 members (excludes halogenated alkanes) is 1. The molecule has 1 aromatic heterocycles. The van der Waals surface area contributed by atoms with Crippen LogP contribution in [0.15, 0.2) is 6.33 Å². The van der Waals surface area contributed by atoms with E-state index in [9.17, 15) is 0 Å². The molecule has 0 amide bonds. The number of hydrogen-bond acceptors (Lipinski definition) is 5. The van der Waals surface area contributed by atoms with Crippen LogP contribution in [0.2, 0.25) is 5.15 Å². The molecule has 0 bridgehead atoms. The highest BCUT2D eigenvalue weighted by atomic mass is 35.5. The summed E-state index contributed by atoms with van der Waals surface area (Å²) in [5.41, 5.74) is 0.746. The molecule has 1 rings (SSSR count). The first-order valence-corrected chi connectivity index (χ1v) is 6.67. The van der Waals surface area contributed by atoms with E-state index >= 15 is 0 Å². The third-order valence-corrected chi connectivity index (χ3v) is 3.02. The Morgan fingerprint density at radius 1 is 1.33 bits per heavy atom. The summed E-state index contributed by atoms with van der Waals surface area (Å²) in [6.45, 7) is 5.14. The van der Waals surface area contributed by atoms with Gasteiger partial charge >= 0.3 is 0 Å². The fourth-order valence-electron chi connectivity index (χ4n) is 1.62. The lowest BCUT2D eigenvalue weighted by molar-refractivity contribution is 0.340. The zero-order valence-corrected chi connectivity index (χ0v) is 12.1. The molecule has 0 fully saturated rings. The van der Waals surface area contributed by atoms with Gasteiger partial charge in [0.15, 0.2) is 11.0 Å². The number of halogens is 1. The van der Waals surface area contributed by atoms with E-state index in [2.05, 4.69) is 39.5 Å². The van der Waals surface area contributed by atoms with Crippen LogP contribution in [0.5, 0.6) is 0 Å². The zero-order valence-electron chi connectivity index (χ0n) is 11.3. The van der Waals surface area contributed by atoms with Crippen LogP contribution in [-0.4, -0.2) is 48.6 Å². The van der Waals surface area contributed by atoms with E-state index in [0.717, 1.165) is 31.1 Å². The van der Waals surface area contributed by atoms with Gasteiger partial charge in [0.2, 0.25) is 0 Å². The van der Waals surface area contributed by atoms with Crippen LogP contribution in [0.1, 0.15) is 19.8 Å². The van der Waals surface area contributed by atoms with Crippen molar-refractivity contribution >= 4 is 23.1 Å². The maximum absolute atomic E-state index is 5.98. The van der Waals surface area contributed by atoms with Gasteiger partial charge in [0.05, 0.1) is 0 Å². The van der Waals surface area contributed by atoms with Crippen LogP contribution >= 0.6 is 11.6 Å². The van der Waals surface area contributed by atoms with Crippen molar-refractivity contribution in [3.63, 3.8) is 0 Å². The van der Waals surface area contributed by atoms with Crippen molar-refractivity contribution in [2.24, 2.45) is 0 Å². The first kappa shape index (κ1) is 15.0. The fraction of sp³-hybridized carbons (Fsp3) is 0.667. The molecule has 1 aromatic rings. The average Bonchev–Trinajstić information content (AvgIpc) is 2.36. The average molecular weight is 272 g/mol. The molecule has 6 heteroatoms. The summed E-state index contributed by atoms with van der Waals surface area (Å²) in [4.78, 5) is 10.4. The van der Waals surface area contributed by atoms with Crippen molar-refractivity contribution in [3.05, 3.63) is 11.5 Å². The van der Waals surface area contributed by atoms with Crippen LogP contribution < -0.4 is 10.6 Å². The molecule has 0 spiro atoms. The number of anilines is 2. The lowest BCUT2D eigenvalue weighted by Crippen LogP contribution is -2.26. The lowest BCUT2D eigenvalue weighted by Gasteiger charge is -2.17. The topological polar surface area (TPSA) is 53.1 Å². The number of likely N-dealkylation sites (N-methyl/N-ethyl adjacent to an activating group) is 1. The highest BCUT2D eigenvalue weighted by molar-refractivity contribution is 6.32. The van der Waals surface area contributed by atoms with Crippen molar-refractivity contribution < 1.29 is 0 Å². The van der Waals surface area contributed by atoms with Crippen LogP contribution in [-0.2, 0) is 0 Å². The van der Waals surface area contributed by atoms with E-state index in [0.29, 0.717) is 5.15 Å². The first-order valence-electron chi connectivity index (χ1n) is 6.29. The summed E-state index contributed by atoms with van der Waals surface area (Å²) in [7, 11) is 3.94. The molecule has 0 aromatic carbocycles. The second kappa shape index (κ2) is 8.11. The molecule has 18 heavy (non-hydrogen) atoms. The Balaban J connectivity index is 2.41. The summed E-state index contributed by atoms with van der Waals surface area (Å²) in [6, 6.07) is 0. The lowest BCUT2D eigenvalue weighted by atomic mass is 10.3. The maximum Gasteiger partial charge on any atom is 0.157 e. The summed E-state index contributed by atoms with van der Waals surface area (Å²) >= 11 is 5.98. The van der Waals surface area contributed by atoms with E-state index < -0.39 is 0 Å². The van der Waals surface area contributed by atoms with Gasteiger partial charge in [-0.15, -0.1) is 0 Å². The Kier molecular flexibility index (Phi) is 6.75. The molecular weight excluding hydrogens is 250 g/mol. The van der Waals surface area contributed by atoms with Crippen molar-refractivity contribution in [3.8, 4) is 0 Å². The normalized spacial score (nSPS) is 10.7. The van der Waals surface area contributed by atoms with Gasteiger partial charge in [0, 0.05) is 20.1 Å². The molecule has 0 aliphatic carbocycles. The number of hydrogen-bond donors (Lipinski definition) is 2. The van der Waals surface area contributed by atoms with Gasteiger partial charge in [-0.25, -0.2) is 9.97 Å². The minimum Gasteiger partial charge on any atom is -0.383 e. The van der Waals surface area contributed by atoms with E-state index in [1.807, 2.05) is 7.05 Å². The second-order valence-corrected chi connectivity index (χ2v) is 4.58. The van der Waals surface area contributed by atoms with Crippen molar-refractivity contribution in [1.82, 2.24) is 14.9 Å². The second-order valence-electron chi connectivity index (χ2n) is 4.22. The molecule has 5 nitrogen and oxygen atoms in total. The summed E-state index contributed by atoms with van der Waals surface area (Å²) in [6.07, 6.45) is 3.92. The van der Waals surface area contributed by atoms with E-state index in [1.54, 1.807) is 0 Å². The molecule has 0 radical (unpaired) electrons. The molecule has 0 atom stereocenters. The van der Waals surface area contributed by atoms with Gasteiger partial charge in [-0.05, 0) is 20.0 Å². The molecule has 0 saturated carbocycles. The third kappa shape index (κ3) is 4.66. The van der Waals surface area contributed by atoms with Crippen LogP contribution in [0, 0.1) is 0 Å². The molecule has 2 N–H and O–H groups in total. The van der Waals surface area contributed by atoms with Gasteiger partial charge < -0.3 is 15.5 Å². The quantitative estimate of drug-likeness (QED) is 0.711. The Bertz CT molecular complexity index is 358. The predicted molar refractivity (Wildman–Crippen MR) is 77.5 cm³/mol. The van der Waals surface area contributed by atoms with Crippen molar-refractivity contribution in [1.29, 1.82) is 0 Å². The first-order chi connectivity index (χ1) is 8.69. The third-order valence-electron chi connectivity index (χ3n) is 2.73. The molecule has 0 unspecified atom stereocenters. The number of nitrogens with one attached hydrogen (secondary N) is 2. The molecular formula is C12H22ClN5. The van der Waals surface area contributed by atoms with Gasteiger partial charge in [-0.1, -0.05) is 24.9 Å². The van der Waals surface area contributed by atoms with Crippen molar-refractivity contribution in [2.45, 2.75) is 19.8 Å². The number of nitrogens with zero attached hydrogens (tertiary/aromatic N) is 3. The van der Waals surface area contributed by atoms with Crippen LogP contribution in [0.3, 0.4) is 0 Å². The number of aromatic nitrogens is 2. The van der Waals surface area contributed by atoms with Crippen LogP contribution in [0.25, 0.3) is 0 Å². The highest BCUT2D eigenvalue weighted by Crippen LogP contribution is 2.24. The van der Waals surface area contributed by atoms with Gasteiger partial charge in [0.25, 0.3) is 0 Å². The Morgan fingerprint density at radius 2 is 2.11 bits per heavy atom. The largest absolute Gasteiger partial charge is 0.383 e. The Morgan fingerprint density at radius 3 is 2.78 bits per heavy atom. The minimum absolute atomic E-state index is 0.439. The molecule has 1 heterocycles.